The van der Waals surface area contributed by atoms with Crippen molar-refractivity contribution in [3.05, 3.63) is 57.9 Å². The minimum Gasteiger partial charge on any atom is -0.493 e. The van der Waals surface area contributed by atoms with E-state index in [2.05, 4.69) is 10.1 Å². The lowest BCUT2D eigenvalue weighted by atomic mass is 10.1. The fourth-order valence-corrected chi connectivity index (χ4v) is 2.67. The Bertz CT molecular complexity index is 1010. The molecule has 2 heterocycles. The molecule has 150 valence electrons. The van der Waals surface area contributed by atoms with Crippen molar-refractivity contribution in [2.45, 2.75) is 20.1 Å². The van der Waals surface area contributed by atoms with Crippen LogP contribution in [-0.4, -0.2) is 39.8 Å². The predicted octanol–water partition coefficient (Wildman–Crippen LogP) is 2.16. The fraction of sp³-hybridized carbons (Fsp3) is 0.222. The summed E-state index contributed by atoms with van der Waals surface area (Å²) in [6.45, 7) is 2.47. The number of hydrazone groups is 1. The molecular formula is C18H16N4O7. The van der Waals surface area contributed by atoms with Gasteiger partial charge in [-0.3, -0.25) is 24.7 Å². The summed E-state index contributed by atoms with van der Waals surface area (Å²) in [5, 5.41) is 16.5. The summed E-state index contributed by atoms with van der Waals surface area (Å²) in [4.78, 5) is 38.2. The van der Waals surface area contributed by atoms with Crippen molar-refractivity contribution >= 4 is 23.5 Å². The van der Waals surface area contributed by atoms with Gasteiger partial charge in [-0.05, 0) is 12.1 Å². The Kier molecular flexibility index (Phi) is 5.39. The monoisotopic (exact) mass is 400 g/mol. The summed E-state index contributed by atoms with van der Waals surface area (Å²) in [7, 11) is 1.27. The molecule has 29 heavy (non-hydrogen) atoms. The normalized spacial score (nSPS) is 15.3. The molecule has 1 aliphatic heterocycles. The number of non-ortho nitro benzene ring substituents is 1. The van der Waals surface area contributed by atoms with E-state index in [0.29, 0.717) is 5.56 Å². The highest BCUT2D eigenvalue weighted by atomic mass is 16.6. The number of nitro benzene ring substituents is 1. The maximum atomic E-state index is 12.1. The zero-order valence-corrected chi connectivity index (χ0v) is 15.7. The Hall–Kier alpha value is -4.02. The topological polar surface area (TPSA) is 133 Å². The Balaban J connectivity index is 2.14. The first kappa shape index (κ1) is 19.7. The smallest absolute Gasteiger partial charge is 0.308 e. The van der Waals surface area contributed by atoms with Gasteiger partial charge in [0, 0.05) is 37.9 Å². The highest BCUT2D eigenvalue weighted by Gasteiger charge is 2.36. The summed E-state index contributed by atoms with van der Waals surface area (Å²) in [6.07, 6.45) is 2.13. The molecule has 0 saturated heterocycles. The van der Waals surface area contributed by atoms with Crippen LogP contribution in [-0.2, 0) is 14.3 Å². The number of aromatic nitrogens is 1. The molecule has 1 aromatic carbocycles. The zero-order valence-electron chi connectivity index (χ0n) is 15.7. The predicted molar refractivity (Wildman–Crippen MR) is 98.1 cm³/mol. The molecular weight excluding hydrogens is 384 g/mol. The minimum atomic E-state index is -0.916. The molecule has 0 saturated carbocycles. The van der Waals surface area contributed by atoms with Gasteiger partial charge in [-0.15, -0.1) is 5.10 Å². The summed E-state index contributed by atoms with van der Waals surface area (Å²) in [6, 6.07) is 5.52. The van der Waals surface area contributed by atoms with Crippen LogP contribution < -0.4 is 9.47 Å². The van der Waals surface area contributed by atoms with Gasteiger partial charge >= 0.3 is 5.97 Å². The number of hydrogen-bond donors (Lipinski definition) is 0. The van der Waals surface area contributed by atoms with Gasteiger partial charge in [0.15, 0.2) is 11.5 Å². The van der Waals surface area contributed by atoms with Crippen LogP contribution in [0.25, 0.3) is 0 Å². The van der Waals surface area contributed by atoms with Gasteiger partial charge in [0.25, 0.3) is 5.69 Å². The Morgan fingerprint density at radius 1 is 1.24 bits per heavy atom. The second kappa shape index (κ2) is 7.92. The van der Waals surface area contributed by atoms with Crippen molar-refractivity contribution in [1.29, 1.82) is 0 Å². The zero-order chi connectivity index (χ0) is 21.1. The molecule has 2 aromatic rings. The van der Waals surface area contributed by atoms with Gasteiger partial charge in [0.2, 0.25) is 18.0 Å². The van der Waals surface area contributed by atoms with E-state index >= 15 is 0 Å². The van der Waals surface area contributed by atoms with E-state index in [1.807, 2.05) is 0 Å². The second-order valence-electron chi connectivity index (χ2n) is 5.89. The molecule has 1 atom stereocenters. The van der Waals surface area contributed by atoms with Crippen LogP contribution in [0.5, 0.6) is 11.5 Å². The number of benzene rings is 1. The number of methoxy groups -OCH3 is 1. The Morgan fingerprint density at radius 2 is 1.93 bits per heavy atom. The first-order chi connectivity index (χ1) is 13.8. The van der Waals surface area contributed by atoms with Gasteiger partial charge < -0.3 is 14.2 Å². The highest BCUT2D eigenvalue weighted by molar-refractivity contribution is 6.01. The van der Waals surface area contributed by atoms with Crippen LogP contribution >= 0.6 is 0 Å². The van der Waals surface area contributed by atoms with Crippen LogP contribution in [0, 0.1) is 10.1 Å². The van der Waals surface area contributed by atoms with Gasteiger partial charge in [-0.1, -0.05) is 0 Å². The van der Waals surface area contributed by atoms with Crippen molar-refractivity contribution in [1.82, 2.24) is 9.99 Å². The number of rotatable bonds is 5. The molecule has 0 bridgehead atoms. The van der Waals surface area contributed by atoms with E-state index in [9.17, 15) is 19.7 Å². The lowest BCUT2D eigenvalue weighted by Gasteiger charge is -2.19. The molecule has 11 heteroatoms. The van der Waals surface area contributed by atoms with Crippen LogP contribution in [0.4, 0.5) is 5.69 Å². The van der Waals surface area contributed by atoms with Crippen molar-refractivity contribution in [3.8, 4) is 11.5 Å². The molecule has 0 spiro atoms. The van der Waals surface area contributed by atoms with E-state index in [1.165, 1.54) is 33.4 Å². The third-order valence-electron chi connectivity index (χ3n) is 3.90. The molecule has 1 aromatic heterocycles. The summed E-state index contributed by atoms with van der Waals surface area (Å²) < 4.78 is 16.2. The summed E-state index contributed by atoms with van der Waals surface area (Å²) in [5.41, 5.74) is 0.246. The van der Waals surface area contributed by atoms with E-state index in [4.69, 9.17) is 14.2 Å². The number of hydrogen-bond acceptors (Lipinski definition) is 9. The van der Waals surface area contributed by atoms with Crippen LogP contribution in [0.3, 0.4) is 0 Å². The van der Waals surface area contributed by atoms with Crippen molar-refractivity contribution in [3.63, 3.8) is 0 Å². The number of nitro groups is 1. The number of nitrogens with zero attached hydrogens (tertiary/aromatic N) is 4. The molecule has 0 fully saturated rings. The lowest BCUT2D eigenvalue weighted by molar-refractivity contribution is -0.385. The molecule has 0 radical (unpaired) electrons. The first-order valence-corrected chi connectivity index (χ1v) is 8.32. The van der Waals surface area contributed by atoms with Crippen molar-refractivity contribution in [2.24, 2.45) is 5.10 Å². The average molecular weight is 400 g/mol. The van der Waals surface area contributed by atoms with Gasteiger partial charge in [-0.2, -0.15) is 5.01 Å². The number of esters is 1. The second-order valence-corrected chi connectivity index (χ2v) is 5.89. The summed E-state index contributed by atoms with van der Waals surface area (Å²) >= 11 is 0. The van der Waals surface area contributed by atoms with Crippen LogP contribution in [0.1, 0.15) is 31.2 Å². The number of ether oxygens (including phenoxy) is 3. The largest absolute Gasteiger partial charge is 0.493 e. The molecule has 0 unspecified atom stereocenters. The number of carbonyl (C=O) groups is 2. The van der Waals surface area contributed by atoms with E-state index in [1.54, 1.807) is 12.1 Å². The van der Waals surface area contributed by atoms with E-state index < -0.39 is 23.0 Å². The molecule has 3 rings (SSSR count). The Labute approximate surface area is 164 Å². The minimum absolute atomic E-state index is 0.00550. The molecule has 0 aliphatic carbocycles. The average Bonchev–Trinajstić information content (AvgIpc) is 3.13. The maximum absolute atomic E-state index is 12.1. The number of pyridine rings is 1. The molecule has 0 N–H and O–H groups in total. The Morgan fingerprint density at radius 3 is 2.48 bits per heavy atom. The quantitative estimate of drug-likeness (QED) is 0.323. The third kappa shape index (κ3) is 3.98. The lowest BCUT2D eigenvalue weighted by Crippen LogP contribution is -2.25. The fourth-order valence-electron chi connectivity index (χ4n) is 2.67. The standard InChI is InChI=1S/C18H16N4O7/c1-10(23)21-18(12-4-6-19-7-5-12)29-17(20-21)14-8-13(22(25)26)9-15(27-3)16(14)28-11(2)24/h4-9,18H,1-3H3/t18-/m0/s1. The van der Waals surface area contributed by atoms with E-state index in [-0.39, 0.29) is 28.6 Å². The maximum Gasteiger partial charge on any atom is 0.308 e. The SMILES string of the molecule is COc1cc([N+](=O)[O-])cc(C2=NN(C(C)=O)[C@H](c3ccncc3)O2)c1OC(C)=O. The first-order valence-electron chi connectivity index (χ1n) is 8.32. The summed E-state index contributed by atoms with van der Waals surface area (Å²) in [5.74, 6) is -1.40. The number of amides is 1. The molecule has 11 nitrogen and oxygen atoms in total. The van der Waals surface area contributed by atoms with Crippen molar-refractivity contribution in [2.75, 3.05) is 7.11 Å². The third-order valence-corrected chi connectivity index (χ3v) is 3.90. The van der Waals surface area contributed by atoms with Crippen LogP contribution in [0.2, 0.25) is 0 Å². The number of carbonyl (C=O) groups excluding carboxylic acids is 2. The van der Waals surface area contributed by atoms with Crippen LogP contribution in [0.15, 0.2) is 41.8 Å². The van der Waals surface area contributed by atoms with Gasteiger partial charge in [0.1, 0.15) is 0 Å². The van der Waals surface area contributed by atoms with Gasteiger partial charge in [-0.25, -0.2) is 0 Å². The molecule has 1 aliphatic rings. The highest BCUT2D eigenvalue weighted by Crippen LogP contribution is 2.39. The van der Waals surface area contributed by atoms with Crippen molar-refractivity contribution < 1.29 is 28.7 Å². The van der Waals surface area contributed by atoms with E-state index in [0.717, 1.165) is 17.1 Å². The van der Waals surface area contributed by atoms with Gasteiger partial charge in [0.05, 0.1) is 23.7 Å². The molecule has 1 amide bonds.